The van der Waals surface area contributed by atoms with E-state index in [0.717, 1.165) is 49.7 Å². The van der Waals surface area contributed by atoms with Gasteiger partial charge in [0.15, 0.2) is 23.3 Å². The normalized spacial score (nSPS) is 11.5. The Morgan fingerprint density at radius 2 is 0.867 bits per heavy atom. The fourth-order valence-electron chi connectivity index (χ4n) is 7.95. The van der Waals surface area contributed by atoms with Crippen molar-refractivity contribution in [3.63, 3.8) is 0 Å². The lowest BCUT2D eigenvalue weighted by Crippen LogP contribution is -2.28. The van der Waals surface area contributed by atoms with E-state index in [0.29, 0.717) is 44.8 Å². The van der Waals surface area contributed by atoms with Crippen LogP contribution >= 0.6 is 0 Å². The van der Waals surface area contributed by atoms with Crippen molar-refractivity contribution in [2.75, 3.05) is 0 Å². The molecule has 0 aliphatic rings. The lowest BCUT2D eigenvalue weighted by atomic mass is 10.0. The lowest BCUT2D eigenvalue weighted by molar-refractivity contribution is 0.947. The maximum absolute atomic E-state index is 14.7. The molecule has 0 amide bonds. The molecule has 0 atom stereocenters. The van der Waals surface area contributed by atoms with E-state index >= 15 is 0 Å². The number of rotatable bonds is 6. The second-order valence-corrected chi connectivity index (χ2v) is 14.3. The van der Waals surface area contributed by atoms with Crippen LogP contribution in [0.15, 0.2) is 192 Å². The first-order chi connectivity index (χ1) is 29.6. The van der Waals surface area contributed by atoms with Gasteiger partial charge in [0.1, 0.15) is 0 Å². The van der Waals surface area contributed by atoms with Gasteiger partial charge in [-0.3, -0.25) is 14.6 Å². The van der Waals surface area contributed by atoms with Gasteiger partial charge < -0.3 is 4.57 Å². The van der Waals surface area contributed by atoms with Crippen molar-refractivity contribution in [3.8, 4) is 56.9 Å². The van der Waals surface area contributed by atoms with E-state index in [2.05, 4.69) is 43.8 Å². The predicted octanol–water partition coefficient (Wildman–Crippen LogP) is 9.64. The Hall–Kier alpha value is -8.50. The summed E-state index contributed by atoms with van der Waals surface area (Å²) in [4.78, 5) is 56.9. The molecule has 6 aromatic carbocycles. The third kappa shape index (κ3) is 5.82. The van der Waals surface area contributed by atoms with Crippen molar-refractivity contribution < 1.29 is 0 Å². The van der Waals surface area contributed by atoms with Gasteiger partial charge in [0.05, 0.1) is 29.1 Å². The Balaban J connectivity index is 1.09. The van der Waals surface area contributed by atoms with Gasteiger partial charge in [-0.1, -0.05) is 97.1 Å². The molecule has 5 heterocycles. The number of nitrogens with zero attached hydrogens (tertiary/aromatic N) is 8. The second kappa shape index (κ2) is 14.2. The minimum Gasteiger partial charge on any atom is -0.309 e. The van der Waals surface area contributed by atoms with E-state index in [1.807, 2.05) is 115 Å². The van der Waals surface area contributed by atoms with E-state index in [1.165, 1.54) is 17.0 Å². The molecule has 0 saturated heterocycles. The van der Waals surface area contributed by atoms with Crippen LogP contribution in [0, 0.1) is 0 Å². The highest BCUT2D eigenvalue weighted by Crippen LogP contribution is 2.36. The molecule has 60 heavy (non-hydrogen) atoms. The van der Waals surface area contributed by atoms with Gasteiger partial charge in [0.2, 0.25) is 0 Å². The van der Waals surface area contributed by atoms with Crippen LogP contribution < -0.4 is 11.1 Å². The van der Waals surface area contributed by atoms with Gasteiger partial charge in [0, 0.05) is 61.9 Å². The summed E-state index contributed by atoms with van der Waals surface area (Å²) in [5, 5.41) is 3.95. The summed E-state index contributed by atoms with van der Waals surface area (Å²) in [6.45, 7) is 0. The highest BCUT2D eigenvalue weighted by molar-refractivity contribution is 6.17. The van der Waals surface area contributed by atoms with E-state index < -0.39 is 11.1 Å². The van der Waals surface area contributed by atoms with Crippen molar-refractivity contribution >= 4 is 43.4 Å². The average Bonchev–Trinajstić information content (AvgIpc) is 3.61. The number of aromatic nitrogens is 8. The smallest absolute Gasteiger partial charge is 0.266 e. The molecule has 11 aromatic rings. The van der Waals surface area contributed by atoms with E-state index in [1.54, 1.807) is 30.6 Å². The third-order valence-corrected chi connectivity index (χ3v) is 10.8. The van der Waals surface area contributed by atoms with Crippen LogP contribution in [0.4, 0.5) is 0 Å². The fourth-order valence-corrected chi connectivity index (χ4v) is 7.95. The second-order valence-electron chi connectivity index (χ2n) is 14.3. The Bertz CT molecular complexity index is 3500. The summed E-state index contributed by atoms with van der Waals surface area (Å²) in [5.74, 6) is 2.20. The standard InChI is InChI=1S/C50H30N8O2/c59-49-39-17-8-7-15-37(39)40-28-44-41(27-42(40)50(60)58(49)36-29-52-45(53-30-36)34-23-25-51-26-24-34)38-16-9-10-18-43(38)57(44)35-21-19-33(20-22-35)48-55-46(31-11-3-1-4-12-31)54-47(56-48)32-13-5-2-6-14-32/h1-30H. The van der Waals surface area contributed by atoms with Gasteiger partial charge >= 0.3 is 0 Å². The van der Waals surface area contributed by atoms with Crippen LogP contribution in [0.1, 0.15) is 0 Å². The summed E-state index contributed by atoms with van der Waals surface area (Å²) in [6, 6.07) is 51.0. The summed E-state index contributed by atoms with van der Waals surface area (Å²) in [7, 11) is 0. The van der Waals surface area contributed by atoms with Crippen molar-refractivity contribution in [2.45, 2.75) is 0 Å². The quantitative estimate of drug-likeness (QED) is 0.164. The number of pyridine rings is 1. The molecule has 0 aliphatic heterocycles. The van der Waals surface area contributed by atoms with Crippen LogP contribution in [0.5, 0.6) is 0 Å². The zero-order valence-electron chi connectivity index (χ0n) is 31.7. The molecule has 0 spiro atoms. The van der Waals surface area contributed by atoms with E-state index in [4.69, 9.17) is 15.0 Å². The minimum absolute atomic E-state index is 0.276. The van der Waals surface area contributed by atoms with Gasteiger partial charge in [-0.05, 0) is 71.4 Å². The van der Waals surface area contributed by atoms with Crippen molar-refractivity contribution in [1.29, 1.82) is 0 Å². The minimum atomic E-state index is -0.461. The van der Waals surface area contributed by atoms with Crippen molar-refractivity contribution in [3.05, 3.63) is 203 Å². The fraction of sp³-hybridized carbons (Fsp3) is 0. The SMILES string of the molecule is O=c1c2ccccc2c2cc3c(cc2c(=O)n1-c1cnc(-c2ccncc2)nc1)c1ccccc1n3-c1ccc(-c2nc(-c3ccccc3)nc(-c3ccccc3)n2)cc1. The molecular formula is C50H30N8O2. The molecule has 0 radical (unpaired) electrons. The number of hydrogen-bond donors (Lipinski definition) is 0. The molecule has 0 N–H and O–H groups in total. The first-order valence-electron chi connectivity index (χ1n) is 19.3. The first-order valence-corrected chi connectivity index (χ1v) is 19.3. The van der Waals surface area contributed by atoms with E-state index in [-0.39, 0.29) is 5.69 Å². The van der Waals surface area contributed by atoms with E-state index in [9.17, 15) is 9.59 Å². The van der Waals surface area contributed by atoms with Gasteiger partial charge in [-0.15, -0.1) is 0 Å². The summed E-state index contributed by atoms with van der Waals surface area (Å²) in [5.41, 5.74) is 5.52. The van der Waals surface area contributed by atoms with Crippen LogP contribution in [-0.4, -0.2) is 39.0 Å². The van der Waals surface area contributed by atoms with Crippen molar-refractivity contribution in [2.24, 2.45) is 0 Å². The number of para-hydroxylation sites is 1. The summed E-state index contributed by atoms with van der Waals surface area (Å²) >= 11 is 0. The monoisotopic (exact) mass is 774 g/mol. The number of benzene rings is 6. The average molecular weight is 775 g/mol. The Morgan fingerprint density at radius 1 is 0.350 bits per heavy atom. The van der Waals surface area contributed by atoms with Crippen LogP contribution in [0.25, 0.3) is 100 Å². The van der Waals surface area contributed by atoms with Gasteiger partial charge in [0.25, 0.3) is 11.1 Å². The Labute approximate surface area is 341 Å². The molecule has 0 fully saturated rings. The van der Waals surface area contributed by atoms with Gasteiger partial charge in [-0.25, -0.2) is 29.5 Å². The summed E-state index contributed by atoms with van der Waals surface area (Å²) < 4.78 is 3.37. The topological polar surface area (TPSA) is 121 Å². The van der Waals surface area contributed by atoms with Gasteiger partial charge in [-0.2, -0.15) is 0 Å². The highest BCUT2D eigenvalue weighted by atomic mass is 16.2. The molecule has 10 nitrogen and oxygen atoms in total. The first kappa shape index (κ1) is 34.7. The molecule has 0 unspecified atom stereocenters. The number of fused-ring (bicyclic) bond motifs is 6. The molecule has 10 heteroatoms. The van der Waals surface area contributed by atoms with Crippen LogP contribution in [-0.2, 0) is 0 Å². The Morgan fingerprint density at radius 3 is 1.50 bits per heavy atom. The maximum Gasteiger partial charge on any atom is 0.266 e. The number of hydrogen-bond acceptors (Lipinski definition) is 8. The zero-order valence-corrected chi connectivity index (χ0v) is 31.7. The third-order valence-electron chi connectivity index (χ3n) is 10.8. The zero-order chi connectivity index (χ0) is 40.2. The maximum atomic E-state index is 14.7. The lowest BCUT2D eigenvalue weighted by Gasteiger charge is -2.11. The molecule has 0 saturated carbocycles. The molecule has 0 bridgehead atoms. The molecule has 11 rings (SSSR count). The molecule has 282 valence electrons. The largest absolute Gasteiger partial charge is 0.309 e. The highest BCUT2D eigenvalue weighted by Gasteiger charge is 2.19. The molecule has 0 aliphatic carbocycles. The Kier molecular flexibility index (Phi) is 8.19. The van der Waals surface area contributed by atoms with Crippen molar-refractivity contribution in [1.82, 2.24) is 39.0 Å². The molecule has 5 aromatic heterocycles. The predicted molar refractivity (Wildman–Crippen MR) is 236 cm³/mol. The summed E-state index contributed by atoms with van der Waals surface area (Å²) in [6.07, 6.45) is 6.36. The van der Waals surface area contributed by atoms with Crippen LogP contribution in [0.3, 0.4) is 0 Å². The van der Waals surface area contributed by atoms with Crippen LogP contribution in [0.2, 0.25) is 0 Å². The molecular weight excluding hydrogens is 745 g/mol.